The number of nitrogens with zero attached hydrogens (tertiary/aromatic N) is 3. The van der Waals surface area contributed by atoms with Gasteiger partial charge in [-0.25, -0.2) is 5.84 Å². The Morgan fingerprint density at radius 3 is 2.56 bits per heavy atom. The third kappa shape index (κ3) is 6.25. The average Bonchev–Trinajstić information content (AvgIpc) is 2.82. The fraction of sp³-hybridized carbons (Fsp3) is 0.474. The molecule has 5 N–H and O–H groups in total. The Kier molecular flexibility index (Phi) is 8.30. The highest BCUT2D eigenvalue weighted by Crippen LogP contribution is 2.29. The monoisotopic (exact) mass is 439 g/mol. The van der Waals surface area contributed by atoms with Gasteiger partial charge in [-0.05, 0) is 33.3 Å². The Morgan fingerprint density at radius 1 is 1.44 bits per heavy atom. The summed E-state index contributed by atoms with van der Waals surface area (Å²) < 4.78 is 3.11. The topological polar surface area (TPSA) is 110 Å². The van der Waals surface area contributed by atoms with Gasteiger partial charge in [0.15, 0.2) is 0 Å². The van der Waals surface area contributed by atoms with Gasteiger partial charge in [-0.1, -0.05) is 34.6 Å². The molecule has 7 nitrogen and oxygen atoms in total. The average molecular weight is 440 g/mol. The van der Waals surface area contributed by atoms with E-state index in [1.165, 1.54) is 0 Å². The van der Waals surface area contributed by atoms with E-state index in [0.29, 0.717) is 18.2 Å². The number of nitrogens with two attached hydrogens (primary N) is 2. The van der Waals surface area contributed by atoms with Crippen LogP contribution in [0.4, 0.5) is 0 Å². The number of allylic oxidation sites excluding steroid dienone is 1. The molecule has 0 spiro atoms. The molecular weight excluding hydrogens is 410 g/mol. The molecule has 8 heteroatoms. The van der Waals surface area contributed by atoms with Crippen molar-refractivity contribution in [3.8, 4) is 0 Å². The Hall–Kier alpha value is -2.06. The van der Waals surface area contributed by atoms with Crippen molar-refractivity contribution in [2.75, 3.05) is 0 Å². The van der Waals surface area contributed by atoms with Crippen molar-refractivity contribution in [2.45, 2.75) is 47.2 Å². The highest BCUT2D eigenvalue weighted by atomic mass is 79.9. The normalized spacial score (nSPS) is 13.3. The SMILES string of the molecule is CC(C)C(N(N)/C=C(\N)Cn1cc(Br)c2cnccc21)C(C)(C)C.O=CO. The summed E-state index contributed by atoms with van der Waals surface area (Å²) in [7, 11) is 0. The maximum Gasteiger partial charge on any atom is 0.290 e. The lowest BCUT2D eigenvalue weighted by atomic mass is 9.80. The van der Waals surface area contributed by atoms with Crippen LogP contribution in [0.5, 0.6) is 0 Å². The van der Waals surface area contributed by atoms with Gasteiger partial charge in [0.05, 0.1) is 18.1 Å². The van der Waals surface area contributed by atoms with Gasteiger partial charge in [0.2, 0.25) is 0 Å². The molecule has 0 aliphatic rings. The maximum atomic E-state index is 8.36. The third-order valence-electron chi connectivity index (χ3n) is 4.14. The number of carboxylic acid groups (broad SMARTS) is 1. The summed E-state index contributed by atoms with van der Waals surface area (Å²) in [6.45, 7) is 11.3. The van der Waals surface area contributed by atoms with Crippen LogP contribution in [-0.4, -0.2) is 32.2 Å². The zero-order valence-electron chi connectivity index (χ0n) is 16.6. The van der Waals surface area contributed by atoms with Gasteiger partial charge in [-0.2, -0.15) is 0 Å². The van der Waals surface area contributed by atoms with E-state index in [0.717, 1.165) is 15.4 Å². The first kappa shape index (κ1) is 23.0. The summed E-state index contributed by atoms with van der Waals surface area (Å²) in [6, 6.07) is 2.19. The molecule has 0 saturated carbocycles. The highest BCUT2D eigenvalue weighted by molar-refractivity contribution is 9.10. The molecular formula is C19H30BrN5O2. The number of hydrazine groups is 1. The van der Waals surface area contributed by atoms with Gasteiger partial charge in [0.1, 0.15) is 0 Å². The molecule has 1 unspecified atom stereocenters. The molecule has 150 valence electrons. The summed E-state index contributed by atoms with van der Waals surface area (Å²) in [5.74, 6) is 6.75. The van der Waals surface area contributed by atoms with Crippen LogP contribution < -0.4 is 11.6 Å². The molecule has 0 fully saturated rings. The Morgan fingerprint density at radius 2 is 2.04 bits per heavy atom. The first-order valence-electron chi connectivity index (χ1n) is 8.68. The van der Waals surface area contributed by atoms with Crippen molar-refractivity contribution in [1.29, 1.82) is 0 Å². The van der Waals surface area contributed by atoms with Crippen LogP contribution in [0.1, 0.15) is 34.6 Å². The number of carbonyl (C=O) groups is 1. The minimum absolute atomic E-state index is 0.0640. The second-order valence-electron chi connectivity index (χ2n) is 7.81. The lowest BCUT2D eigenvalue weighted by Crippen LogP contribution is -2.48. The van der Waals surface area contributed by atoms with Crippen LogP contribution in [0.3, 0.4) is 0 Å². The number of hydrogen-bond donors (Lipinski definition) is 3. The smallest absolute Gasteiger partial charge is 0.290 e. The predicted octanol–water partition coefficient (Wildman–Crippen LogP) is 3.55. The first-order chi connectivity index (χ1) is 12.5. The van der Waals surface area contributed by atoms with E-state index in [1.807, 2.05) is 24.7 Å². The van der Waals surface area contributed by atoms with Crippen molar-refractivity contribution in [2.24, 2.45) is 22.9 Å². The van der Waals surface area contributed by atoms with Gasteiger partial charge >= 0.3 is 0 Å². The van der Waals surface area contributed by atoms with Crippen molar-refractivity contribution >= 4 is 33.3 Å². The molecule has 2 aromatic rings. The molecule has 0 bridgehead atoms. The van der Waals surface area contributed by atoms with Gasteiger partial charge < -0.3 is 20.4 Å². The fourth-order valence-corrected chi connectivity index (χ4v) is 4.08. The molecule has 0 saturated heterocycles. The van der Waals surface area contributed by atoms with E-state index < -0.39 is 0 Å². The molecule has 2 rings (SSSR count). The quantitative estimate of drug-likeness (QED) is 0.373. The standard InChI is InChI=1S/C18H28BrN5.CH2O2/c1-12(2)17(18(3,4)5)24(21)10-13(20)9-23-11-15(19)14-8-22-7-6-16(14)23;2-1-3/h6-8,10-12,17H,9,20-21H2,1-5H3;1H,(H,2,3)/b13-10-;. The lowest BCUT2D eigenvalue weighted by Gasteiger charge is -2.40. The second-order valence-corrected chi connectivity index (χ2v) is 8.66. The predicted molar refractivity (Wildman–Crippen MR) is 113 cm³/mol. The molecule has 2 aromatic heterocycles. The third-order valence-corrected chi connectivity index (χ3v) is 4.77. The maximum absolute atomic E-state index is 8.36. The molecule has 0 aliphatic carbocycles. The van der Waals surface area contributed by atoms with Gasteiger partial charge in [-0.3, -0.25) is 9.78 Å². The Balaban J connectivity index is 0.00000114. The summed E-state index contributed by atoms with van der Waals surface area (Å²) in [6.07, 6.45) is 7.52. The van der Waals surface area contributed by atoms with Crippen LogP contribution in [0.2, 0.25) is 0 Å². The molecule has 27 heavy (non-hydrogen) atoms. The summed E-state index contributed by atoms with van der Waals surface area (Å²) in [4.78, 5) is 12.5. The minimum Gasteiger partial charge on any atom is -0.483 e. The van der Waals surface area contributed by atoms with Crippen molar-refractivity contribution in [1.82, 2.24) is 14.6 Å². The molecule has 2 heterocycles. The molecule has 0 amide bonds. The Bertz CT molecular complexity index is 780. The number of halogens is 1. The minimum atomic E-state index is -0.250. The van der Waals surface area contributed by atoms with Gasteiger partial charge in [0, 0.05) is 40.3 Å². The summed E-state index contributed by atoms with van der Waals surface area (Å²) >= 11 is 3.57. The molecule has 1 atom stereocenters. The van der Waals surface area contributed by atoms with E-state index in [2.05, 4.69) is 60.1 Å². The number of pyridine rings is 1. The highest BCUT2D eigenvalue weighted by Gasteiger charge is 2.30. The van der Waals surface area contributed by atoms with E-state index in [1.54, 1.807) is 11.2 Å². The Labute approximate surface area is 169 Å². The van der Waals surface area contributed by atoms with Gasteiger partial charge in [-0.15, -0.1) is 0 Å². The summed E-state index contributed by atoms with van der Waals surface area (Å²) in [5, 5.41) is 9.73. The van der Waals surface area contributed by atoms with Crippen molar-refractivity contribution in [3.63, 3.8) is 0 Å². The van der Waals surface area contributed by atoms with E-state index in [-0.39, 0.29) is 17.9 Å². The fourth-order valence-electron chi connectivity index (χ4n) is 3.53. The van der Waals surface area contributed by atoms with Crippen molar-refractivity contribution in [3.05, 3.63) is 41.0 Å². The first-order valence-corrected chi connectivity index (χ1v) is 9.47. The zero-order valence-corrected chi connectivity index (χ0v) is 18.1. The molecule has 0 radical (unpaired) electrons. The zero-order chi connectivity index (χ0) is 20.8. The van der Waals surface area contributed by atoms with E-state index >= 15 is 0 Å². The van der Waals surface area contributed by atoms with Crippen LogP contribution in [0, 0.1) is 11.3 Å². The lowest BCUT2D eigenvalue weighted by molar-refractivity contribution is -0.122. The molecule has 0 aromatic carbocycles. The second kappa shape index (κ2) is 9.75. The number of aromatic nitrogens is 2. The number of hydrogen-bond acceptors (Lipinski definition) is 5. The van der Waals surface area contributed by atoms with Crippen LogP contribution in [-0.2, 0) is 11.3 Å². The van der Waals surface area contributed by atoms with Crippen molar-refractivity contribution < 1.29 is 9.90 Å². The molecule has 0 aliphatic heterocycles. The number of rotatable bonds is 5. The van der Waals surface area contributed by atoms with Gasteiger partial charge in [0.25, 0.3) is 6.47 Å². The van der Waals surface area contributed by atoms with E-state index in [9.17, 15) is 0 Å². The van der Waals surface area contributed by atoms with E-state index in [4.69, 9.17) is 21.5 Å². The largest absolute Gasteiger partial charge is 0.483 e. The van der Waals surface area contributed by atoms with Crippen LogP contribution in [0.15, 0.2) is 41.0 Å². The number of fused-ring (bicyclic) bond motifs is 1. The van der Waals surface area contributed by atoms with Crippen LogP contribution in [0.25, 0.3) is 10.9 Å². The summed E-state index contributed by atoms with van der Waals surface area (Å²) in [5.41, 5.74) is 8.15. The van der Waals surface area contributed by atoms with Crippen LogP contribution >= 0.6 is 15.9 Å².